The molecule has 1 N–H and O–H groups in total. The van der Waals surface area contributed by atoms with Gasteiger partial charge in [-0.2, -0.15) is 4.31 Å². The Kier molecular flexibility index (Phi) is 7.14. The van der Waals surface area contributed by atoms with Gasteiger partial charge < -0.3 is 9.80 Å². The summed E-state index contributed by atoms with van der Waals surface area (Å²) in [6, 6.07) is 9.88. The Balaban J connectivity index is 1.58. The number of likely N-dealkylation sites (tertiary alicyclic amines) is 1. The lowest BCUT2D eigenvalue weighted by Gasteiger charge is -2.42. The summed E-state index contributed by atoms with van der Waals surface area (Å²) < 4.78 is 26.8. The molecule has 3 atom stereocenters. The molecule has 0 aromatic heterocycles. The van der Waals surface area contributed by atoms with Crippen LogP contribution in [0.5, 0.6) is 0 Å². The van der Waals surface area contributed by atoms with E-state index in [-0.39, 0.29) is 24.0 Å². The van der Waals surface area contributed by atoms with Crippen LogP contribution in [0.1, 0.15) is 45.6 Å². The molecule has 2 heterocycles. The van der Waals surface area contributed by atoms with Crippen LogP contribution in [-0.2, 0) is 14.8 Å². The maximum atomic E-state index is 13.1. The number of benzene rings is 1. The predicted octanol–water partition coefficient (Wildman–Crippen LogP) is 1.37. The lowest BCUT2D eigenvalue weighted by molar-refractivity contribution is -0.918. The predicted molar refractivity (Wildman–Crippen MR) is 116 cm³/mol. The monoisotopic (exact) mass is 420 g/mol. The van der Waals surface area contributed by atoms with Gasteiger partial charge in [0.15, 0.2) is 6.04 Å². The van der Waals surface area contributed by atoms with Crippen molar-refractivity contribution in [3.05, 3.63) is 41.3 Å². The summed E-state index contributed by atoms with van der Waals surface area (Å²) >= 11 is 0. The molecular weight excluding hydrogens is 386 g/mol. The molecule has 2 aliphatic rings. The molecule has 29 heavy (non-hydrogen) atoms. The first-order chi connectivity index (χ1) is 13.8. The minimum atomic E-state index is -3.44. The third kappa shape index (κ3) is 5.27. The van der Waals surface area contributed by atoms with Crippen LogP contribution in [-0.4, -0.2) is 67.8 Å². The lowest BCUT2D eigenvalue weighted by Crippen LogP contribution is -3.19. The zero-order valence-electron chi connectivity index (χ0n) is 17.8. The minimum Gasteiger partial charge on any atom is -0.332 e. The third-order valence-corrected chi connectivity index (χ3v) is 7.95. The van der Waals surface area contributed by atoms with E-state index in [9.17, 15) is 13.2 Å². The normalized spacial score (nSPS) is 26.0. The number of piperidine rings is 1. The van der Waals surface area contributed by atoms with Crippen molar-refractivity contribution in [1.82, 2.24) is 9.21 Å². The second-order valence-corrected chi connectivity index (χ2v) is 10.2. The maximum Gasteiger partial charge on any atom is 0.281 e. The SMILES string of the molecule is C[C@@H]1CCC[C@H](C)N1C(=O)[C@@H](C)[NH+]1CCN(S(=O)(=O)/C=C/c2ccccc2)CC1. The largest absolute Gasteiger partial charge is 0.332 e. The zero-order valence-corrected chi connectivity index (χ0v) is 18.6. The summed E-state index contributed by atoms with van der Waals surface area (Å²) in [4.78, 5) is 16.4. The van der Waals surface area contributed by atoms with Gasteiger partial charge in [0.25, 0.3) is 5.91 Å². The topological polar surface area (TPSA) is 62.1 Å². The van der Waals surface area contributed by atoms with Crippen LogP contribution >= 0.6 is 0 Å². The molecule has 7 heteroatoms. The Bertz CT molecular complexity index is 807. The van der Waals surface area contributed by atoms with E-state index in [4.69, 9.17) is 0 Å². The molecule has 6 nitrogen and oxygen atoms in total. The number of carbonyl (C=O) groups is 1. The van der Waals surface area contributed by atoms with E-state index in [0.717, 1.165) is 18.4 Å². The minimum absolute atomic E-state index is 0.136. The van der Waals surface area contributed by atoms with Gasteiger partial charge in [-0.05, 0) is 51.7 Å². The van der Waals surface area contributed by atoms with Gasteiger partial charge in [-0.15, -0.1) is 0 Å². The molecular formula is C22H34N3O3S+. The summed E-state index contributed by atoms with van der Waals surface area (Å²) in [6.07, 6.45) is 4.95. The Labute approximate surface area is 175 Å². The summed E-state index contributed by atoms with van der Waals surface area (Å²) in [6.45, 7) is 8.46. The number of hydrogen-bond acceptors (Lipinski definition) is 3. The van der Waals surface area contributed by atoms with Crippen molar-refractivity contribution in [2.45, 2.75) is 58.2 Å². The molecule has 0 aliphatic carbocycles. The molecule has 1 aromatic rings. The van der Waals surface area contributed by atoms with Gasteiger partial charge in [-0.1, -0.05) is 30.3 Å². The van der Waals surface area contributed by atoms with Crippen molar-refractivity contribution in [1.29, 1.82) is 0 Å². The van der Waals surface area contributed by atoms with E-state index in [1.54, 1.807) is 6.08 Å². The number of sulfonamides is 1. The molecule has 0 radical (unpaired) electrons. The van der Waals surface area contributed by atoms with Gasteiger partial charge >= 0.3 is 0 Å². The van der Waals surface area contributed by atoms with Crippen LogP contribution in [0.3, 0.4) is 0 Å². The summed E-state index contributed by atoms with van der Waals surface area (Å²) in [5.74, 6) is 0.208. The Hall–Kier alpha value is -1.70. The first-order valence-corrected chi connectivity index (χ1v) is 12.2. The van der Waals surface area contributed by atoms with Gasteiger partial charge in [-0.3, -0.25) is 4.79 Å². The summed E-state index contributed by atoms with van der Waals surface area (Å²) in [5.41, 5.74) is 0.865. The quantitative estimate of drug-likeness (QED) is 0.783. The molecule has 2 aliphatic heterocycles. The summed E-state index contributed by atoms with van der Waals surface area (Å²) in [7, 11) is -3.44. The van der Waals surface area contributed by atoms with E-state index >= 15 is 0 Å². The molecule has 0 spiro atoms. The molecule has 0 saturated carbocycles. The average molecular weight is 421 g/mol. The van der Waals surface area contributed by atoms with Crippen LogP contribution < -0.4 is 4.90 Å². The van der Waals surface area contributed by atoms with E-state index in [2.05, 4.69) is 18.7 Å². The number of piperazine rings is 1. The molecule has 2 saturated heterocycles. The third-order valence-electron chi connectivity index (χ3n) is 6.39. The standard InChI is InChI=1S/C22H33N3O3S/c1-18-8-7-9-19(2)25(18)22(26)20(3)23-13-15-24(16-14-23)29(27,28)17-12-21-10-5-4-6-11-21/h4-6,10-12,17-20H,7-9,13-16H2,1-3H3/p+1/b17-12+/t18-,19+,20-/m1/s1. The van der Waals surface area contributed by atoms with Crippen LogP contribution in [0.2, 0.25) is 0 Å². The van der Waals surface area contributed by atoms with E-state index in [0.29, 0.717) is 26.2 Å². The number of amides is 1. The Morgan fingerprint density at radius 1 is 1.10 bits per heavy atom. The van der Waals surface area contributed by atoms with E-state index in [1.807, 2.05) is 37.3 Å². The lowest BCUT2D eigenvalue weighted by atomic mass is 9.96. The van der Waals surface area contributed by atoms with Crippen molar-refractivity contribution in [2.75, 3.05) is 26.2 Å². The van der Waals surface area contributed by atoms with Crippen molar-refractivity contribution in [3.63, 3.8) is 0 Å². The van der Waals surface area contributed by atoms with E-state index < -0.39 is 10.0 Å². The molecule has 0 bridgehead atoms. The first kappa shape index (κ1) is 22.0. The van der Waals surface area contributed by atoms with Crippen molar-refractivity contribution in [2.24, 2.45) is 0 Å². The Morgan fingerprint density at radius 2 is 1.69 bits per heavy atom. The van der Waals surface area contributed by atoms with E-state index in [1.165, 1.54) is 21.0 Å². The van der Waals surface area contributed by atoms with Crippen LogP contribution in [0.4, 0.5) is 0 Å². The zero-order chi connectivity index (χ0) is 21.0. The highest BCUT2D eigenvalue weighted by Gasteiger charge is 2.38. The molecule has 1 amide bonds. The van der Waals surface area contributed by atoms with Gasteiger partial charge in [0.1, 0.15) is 0 Å². The first-order valence-electron chi connectivity index (χ1n) is 10.7. The van der Waals surface area contributed by atoms with Crippen molar-refractivity contribution >= 4 is 22.0 Å². The highest BCUT2D eigenvalue weighted by atomic mass is 32.2. The van der Waals surface area contributed by atoms with Crippen LogP contribution in [0.25, 0.3) is 6.08 Å². The average Bonchev–Trinajstić information content (AvgIpc) is 2.72. The molecule has 3 rings (SSSR count). The van der Waals surface area contributed by atoms with Crippen molar-refractivity contribution < 1.29 is 18.1 Å². The summed E-state index contributed by atoms with van der Waals surface area (Å²) in [5, 5.41) is 1.29. The molecule has 2 fully saturated rings. The number of carbonyl (C=O) groups excluding carboxylic acids is 1. The van der Waals surface area contributed by atoms with Gasteiger partial charge in [0.2, 0.25) is 10.0 Å². The number of rotatable bonds is 5. The smallest absolute Gasteiger partial charge is 0.281 e. The van der Waals surface area contributed by atoms with Gasteiger partial charge in [-0.25, -0.2) is 8.42 Å². The second-order valence-electron chi connectivity index (χ2n) is 8.41. The highest BCUT2D eigenvalue weighted by molar-refractivity contribution is 7.92. The fourth-order valence-electron chi connectivity index (χ4n) is 4.53. The Morgan fingerprint density at radius 3 is 2.28 bits per heavy atom. The van der Waals surface area contributed by atoms with Gasteiger partial charge in [0, 0.05) is 17.5 Å². The second kappa shape index (κ2) is 9.41. The number of hydrogen-bond donors (Lipinski definition) is 1. The number of nitrogens with one attached hydrogen (secondary N) is 1. The highest BCUT2D eigenvalue weighted by Crippen LogP contribution is 2.23. The van der Waals surface area contributed by atoms with Gasteiger partial charge in [0.05, 0.1) is 26.2 Å². The number of quaternary nitrogens is 1. The molecule has 1 aromatic carbocycles. The van der Waals surface area contributed by atoms with Crippen LogP contribution in [0, 0.1) is 0 Å². The van der Waals surface area contributed by atoms with Crippen LogP contribution in [0.15, 0.2) is 35.7 Å². The molecule has 0 unspecified atom stereocenters. The molecule has 160 valence electrons. The number of nitrogens with zero attached hydrogens (tertiary/aromatic N) is 2. The van der Waals surface area contributed by atoms with Crippen molar-refractivity contribution in [3.8, 4) is 0 Å². The fraction of sp³-hybridized carbons (Fsp3) is 0.591. The fourth-order valence-corrected chi connectivity index (χ4v) is 5.72. The maximum absolute atomic E-state index is 13.1.